The van der Waals surface area contributed by atoms with Crippen molar-refractivity contribution in [3.05, 3.63) is 46.2 Å². The topological polar surface area (TPSA) is 36.1 Å². The van der Waals surface area contributed by atoms with Crippen LogP contribution >= 0.6 is 15.9 Å². The van der Waals surface area contributed by atoms with Crippen molar-refractivity contribution in [3.63, 3.8) is 0 Å². The fourth-order valence-electron chi connectivity index (χ4n) is 3.03. The van der Waals surface area contributed by atoms with E-state index in [1.807, 2.05) is 30.3 Å². The quantitative estimate of drug-likeness (QED) is 0.806. The Balaban J connectivity index is 2.15. The van der Waals surface area contributed by atoms with Gasteiger partial charge in [-0.15, -0.1) is 0 Å². The molecule has 1 atom stereocenters. The summed E-state index contributed by atoms with van der Waals surface area (Å²) in [4.78, 5) is 16.8. The fourth-order valence-corrected chi connectivity index (χ4v) is 3.67. The second-order valence-electron chi connectivity index (χ2n) is 5.67. The van der Waals surface area contributed by atoms with Crippen LogP contribution in [0.1, 0.15) is 28.4 Å². The van der Waals surface area contributed by atoms with Gasteiger partial charge in [-0.1, -0.05) is 30.3 Å². The highest BCUT2D eigenvalue weighted by Gasteiger charge is 2.40. The van der Waals surface area contributed by atoms with Gasteiger partial charge in [0.15, 0.2) is 0 Å². The number of nitrogens with zero attached hydrogens (tertiary/aromatic N) is 1. The van der Waals surface area contributed by atoms with Crippen molar-refractivity contribution >= 4 is 21.8 Å². The third-order valence-electron chi connectivity index (χ3n) is 3.99. The molecule has 0 saturated carbocycles. The first-order valence-electron chi connectivity index (χ1n) is 7.07. The van der Waals surface area contributed by atoms with E-state index < -0.39 is 18.5 Å². The van der Waals surface area contributed by atoms with E-state index in [1.54, 1.807) is 0 Å². The monoisotopic (exact) mass is 386 g/mol. The van der Waals surface area contributed by atoms with E-state index in [4.69, 9.17) is 0 Å². The van der Waals surface area contributed by atoms with Crippen molar-refractivity contribution in [2.24, 2.45) is 0 Å². The molecule has 1 aliphatic heterocycles. The molecule has 2 heterocycles. The number of hydrogen-bond acceptors (Lipinski definition) is 1. The maximum absolute atomic E-state index is 12.9. The predicted octanol–water partition coefficient (Wildman–Crippen LogP) is 4.57. The average Bonchev–Trinajstić information content (AvgIpc) is 2.82. The summed E-state index contributed by atoms with van der Waals surface area (Å²) in [6.45, 7) is 0.0481. The second kappa shape index (κ2) is 5.70. The SMILES string of the molecule is CN1CC(CC(F)(F)F)c2[nH]c(Br)c(-c3ccccc3)c2C1=O. The van der Waals surface area contributed by atoms with E-state index in [9.17, 15) is 18.0 Å². The Morgan fingerprint density at radius 3 is 2.52 bits per heavy atom. The number of halogens is 4. The first-order valence-corrected chi connectivity index (χ1v) is 7.86. The number of H-pyrrole nitrogens is 1. The zero-order valence-electron chi connectivity index (χ0n) is 12.2. The zero-order valence-corrected chi connectivity index (χ0v) is 13.8. The van der Waals surface area contributed by atoms with Gasteiger partial charge in [-0.3, -0.25) is 4.79 Å². The third-order valence-corrected chi connectivity index (χ3v) is 4.58. The van der Waals surface area contributed by atoms with Gasteiger partial charge in [0.05, 0.1) is 16.6 Å². The number of amides is 1. The van der Waals surface area contributed by atoms with E-state index in [0.717, 1.165) is 5.56 Å². The molecular formula is C16H14BrF3N2O. The van der Waals surface area contributed by atoms with E-state index >= 15 is 0 Å². The lowest BCUT2D eigenvalue weighted by molar-refractivity contribution is -0.139. The molecule has 1 amide bonds. The van der Waals surface area contributed by atoms with Crippen LogP contribution < -0.4 is 0 Å². The summed E-state index contributed by atoms with van der Waals surface area (Å²) in [6, 6.07) is 9.15. The number of fused-ring (bicyclic) bond motifs is 1. The number of hydrogen-bond donors (Lipinski definition) is 1. The lowest BCUT2D eigenvalue weighted by Gasteiger charge is -2.30. The number of benzene rings is 1. The van der Waals surface area contributed by atoms with Crippen molar-refractivity contribution < 1.29 is 18.0 Å². The fraction of sp³-hybridized carbons (Fsp3) is 0.312. The molecule has 2 aromatic rings. The van der Waals surface area contributed by atoms with Gasteiger partial charge >= 0.3 is 6.18 Å². The number of carbonyl (C=O) groups is 1. The number of alkyl halides is 3. The van der Waals surface area contributed by atoms with Gasteiger partial charge in [0.2, 0.25) is 0 Å². The van der Waals surface area contributed by atoms with Crippen molar-refractivity contribution in [1.29, 1.82) is 0 Å². The smallest absolute Gasteiger partial charge is 0.352 e. The van der Waals surface area contributed by atoms with Crippen LogP contribution in [0.15, 0.2) is 34.9 Å². The standard InChI is InChI=1S/C16H14BrF3N2O/c1-22-8-10(7-16(18,19)20)13-12(15(22)23)11(14(17)21-13)9-5-3-2-4-6-9/h2-6,10,21H,7-8H2,1H3. The number of carbonyl (C=O) groups excluding carboxylic acids is 1. The van der Waals surface area contributed by atoms with Gasteiger partial charge in [-0.05, 0) is 21.5 Å². The van der Waals surface area contributed by atoms with Crippen LogP contribution in [0.2, 0.25) is 0 Å². The molecule has 23 heavy (non-hydrogen) atoms. The molecule has 7 heteroatoms. The molecule has 0 aliphatic carbocycles. The second-order valence-corrected chi connectivity index (χ2v) is 6.46. The minimum absolute atomic E-state index is 0.0481. The highest BCUT2D eigenvalue weighted by Crippen LogP contribution is 2.42. The number of likely N-dealkylation sites (N-methyl/N-ethyl adjacent to an activating group) is 1. The normalized spacial score (nSPS) is 18.2. The van der Waals surface area contributed by atoms with E-state index in [-0.39, 0.29) is 12.5 Å². The zero-order chi connectivity index (χ0) is 16.8. The Kier molecular flexibility index (Phi) is 4.00. The summed E-state index contributed by atoms with van der Waals surface area (Å²) in [5.74, 6) is -1.05. The van der Waals surface area contributed by atoms with Crippen LogP contribution in [0.25, 0.3) is 11.1 Å². The highest BCUT2D eigenvalue weighted by molar-refractivity contribution is 9.10. The Hall–Kier alpha value is -1.76. The lowest BCUT2D eigenvalue weighted by atomic mass is 9.90. The maximum atomic E-state index is 12.9. The van der Waals surface area contributed by atoms with Crippen LogP contribution in [0.3, 0.4) is 0 Å². The number of rotatable bonds is 2. The van der Waals surface area contributed by atoms with Crippen LogP contribution in [0.5, 0.6) is 0 Å². The summed E-state index contributed by atoms with van der Waals surface area (Å²) < 4.78 is 39.1. The summed E-state index contributed by atoms with van der Waals surface area (Å²) in [5.41, 5.74) is 2.08. The summed E-state index contributed by atoms with van der Waals surface area (Å²) in [5, 5.41) is 0. The molecule has 1 unspecified atom stereocenters. The number of aromatic nitrogens is 1. The molecule has 0 fully saturated rings. The molecule has 0 radical (unpaired) electrons. The largest absolute Gasteiger partial charge is 0.389 e. The molecule has 1 N–H and O–H groups in total. The first kappa shape index (κ1) is 16.1. The van der Waals surface area contributed by atoms with Gasteiger partial charge in [0.25, 0.3) is 5.91 Å². The summed E-state index contributed by atoms with van der Waals surface area (Å²) in [6.07, 6.45) is -5.24. The molecule has 0 spiro atoms. The summed E-state index contributed by atoms with van der Waals surface area (Å²) >= 11 is 3.36. The van der Waals surface area contributed by atoms with Crippen LogP contribution in [0, 0.1) is 0 Å². The molecular weight excluding hydrogens is 373 g/mol. The van der Waals surface area contributed by atoms with Crippen LogP contribution in [-0.4, -0.2) is 35.6 Å². The Bertz CT molecular complexity index is 740. The van der Waals surface area contributed by atoms with Gasteiger partial charge in [0.1, 0.15) is 0 Å². The van der Waals surface area contributed by atoms with E-state index in [0.29, 0.717) is 21.4 Å². The highest BCUT2D eigenvalue weighted by atomic mass is 79.9. The number of nitrogens with one attached hydrogen (secondary N) is 1. The predicted molar refractivity (Wildman–Crippen MR) is 84.3 cm³/mol. The van der Waals surface area contributed by atoms with Gasteiger partial charge in [-0.25, -0.2) is 0 Å². The van der Waals surface area contributed by atoms with Crippen molar-refractivity contribution in [2.75, 3.05) is 13.6 Å². The lowest BCUT2D eigenvalue weighted by Crippen LogP contribution is -2.38. The molecule has 122 valence electrons. The third kappa shape index (κ3) is 3.02. The van der Waals surface area contributed by atoms with Crippen molar-refractivity contribution in [3.8, 4) is 11.1 Å². The first-order chi connectivity index (χ1) is 10.8. The summed E-state index contributed by atoms with van der Waals surface area (Å²) in [7, 11) is 1.53. The van der Waals surface area contributed by atoms with Crippen molar-refractivity contribution in [2.45, 2.75) is 18.5 Å². The molecule has 1 aliphatic rings. The van der Waals surface area contributed by atoms with Gasteiger partial charge < -0.3 is 9.88 Å². The van der Waals surface area contributed by atoms with Crippen LogP contribution in [0.4, 0.5) is 13.2 Å². The minimum atomic E-state index is -4.28. The maximum Gasteiger partial charge on any atom is 0.389 e. The van der Waals surface area contributed by atoms with Gasteiger partial charge in [-0.2, -0.15) is 13.2 Å². The Morgan fingerprint density at radius 2 is 1.91 bits per heavy atom. The minimum Gasteiger partial charge on any atom is -0.352 e. The number of aromatic amines is 1. The van der Waals surface area contributed by atoms with Crippen LogP contribution in [-0.2, 0) is 0 Å². The Labute approximate surface area is 139 Å². The molecule has 1 aromatic heterocycles. The molecule has 0 bridgehead atoms. The molecule has 0 saturated heterocycles. The van der Waals surface area contributed by atoms with Crippen molar-refractivity contribution in [1.82, 2.24) is 9.88 Å². The van der Waals surface area contributed by atoms with Gasteiger partial charge in [0, 0.05) is 30.8 Å². The molecule has 3 nitrogen and oxygen atoms in total. The van der Waals surface area contributed by atoms with E-state index in [2.05, 4.69) is 20.9 Å². The average molecular weight is 387 g/mol. The Morgan fingerprint density at radius 1 is 1.26 bits per heavy atom. The molecule has 3 rings (SSSR count). The van der Waals surface area contributed by atoms with E-state index in [1.165, 1.54) is 11.9 Å². The molecule has 1 aromatic carbocycles.